The van der Waals surface area contributed by atoms with Gasteiger partial charge in [-0.25, -0.2) is 19.7 Å². The summed E-state index contributed by atoms with van der Waals surface area (Å²) in [6.07, 6.45) is 10.8. The molecule has 8 heteroatoms. The summed E-state index contributed by atoms with van der Waals surface area (Å²) < 4.78 is 13.1. The van der Waals surface area contributed by atoms with Gasteiger partial charge in [-0.05, 0) is 43.9 Å². The van der Waals surface area contributed by atoms with Gasteiger partial charge in [0.15, 0.2) is 17.0 Å². The first kappa shape index (κ1) is 20.2. The van der Waals surface area contributed by atoms with E-state index in [2.05, 4.69) is 30.5 Å². The van der Waals surface area contributed by atoms with Crippen LogP contribution in [0.1, 0.15) is 24.8 Å². The fourth-order valence-electron chi connectivity index (χ4n) is 4.13. The summed E-state index contributed by atoms with van der Waals surface area (Å²) in [4.78, 5) is 27.4. The number of imidazole rings is 1. The average molecular weight is 431 g/mol. The molecule has 0 bridgehead atoms. The summed E-state index contributed by atoms with van der Waals surface area (Å²) in [5.74, 6) is 1.61. The minimum atomic E-state index is -0.350. The van der Waals surface area contributed by atoms with Crippen molar-refractivity contribution >= 4 is 28.0 Å². The van der Waals surface area contributed by atoms with Gasteiger partial charge in [0.2, 0.25) is 0 Å². The topological polar surface area (TPSA) is 86.3 Å². The number of aromatic nitrogens is 4. The van der Waals surface area contributed by atoms with Crippen molar-refractivity contribution in [1.29, 1.82) is 0 Å². The second-order valence-electron chi connectivity index (χ2n) is 7.98. The van der Waals surface area contributed by atoms with Crippen LogP contribution in [0.3, 0.4) is 0 Å². The van der Waals surface area contributed by atoms with Crippen molar-refractivity contribution in [3.8, 4) is 5.75 Å². The monoisotopic (exact) mass is 431 g/mol. The molecular formula is C24H25N5O3. The first-order valence-electron chi connectivity index (χ1n) is 10.9. The Kier molecular flexibility index (Phi) is 5.58. The van der Waals surface area contributed by atoms with Gasteiger partial charge < -0.3 is 18.6 Å². The Balaban J connectivity index is 1.18. The van der Waals surface area contributed by atoms with Crippen LogP contribution in [0.25, 0.3) is 22.1 Å². The van der Waals surface area contributed by atoms with Crippen LogP contribution < -0.4 is 15.3 Å². The van der Waals surface area contributed by atoms with E-state index in [1.165, 1.54) is 18.9 Å². The molecule has 32 heavy (non-hydrogen) atoms. The van der Waals surface area contributed by atoms with Gasteiger partial charge >= 0.3 is 5.63 Å². The molecule has 0 N–H and O–H groups in total. The van der Waals surface area contributed by atoms with Crippen LogP contribution in [0, 0.1) is 6.92 Å². The molecule has 5 rings (SSSR count). The summed E-state index contributed by atoms with van der Waals surface area (Å²) >= 11 is 0. The SMILES string of the molecule is Cc1cc(=O)oc2cc(OC/C=C/CCn3cnc4c(N5CCCC5)ncnc43)ccc12. The number of benzene rings is 1. The fourth-order valence-corrected chi connectivity index (χ4v) is 4.13. The summed E-state index contributed by atoms with van der Waals surface area (Å²) in [6.45, 7) is 5.18. The van der Waals surface area contributed by atoms with Crippen LogP contribution in [-0.2, 0) is 6.54 Å². The lowest BCUT2D eigenvalue weighted by atomic mass is 10.1. The number of nitrogens with zero attached hydrogens (tertiary/aromatic N) is 5. The molecule has 1 aliphatic rings. The number of anilines is 1. The van der Waals surface area contributed by atoms with Crippen molar-refractivity contribution < 1.29 is 9.15 Å². The van der Waals surface area contributed by atoms with Gasteiger partial charge in [-0.2, -0.15) is 0 Å². The van der Waals surface area contributed by atoms with E-state index in [0.717, 1.165) is 54.0 Å². The van der Waals surface area contributed by atoms with Crippen molar-refractivity contribution in [3.63, 3.8) is 0 Å². The van der Waals surface area contributed by atoms with E-state index >= 15 is 0 Å². The first-order valence-corrected chi connectivity index (χ1v) is 10.9. The molecule has 4 aromatic rings. The van der Waals surface area contributed by atoms with E-state index < -0.39 is 0 Å². The van der Waals surface area contributed by atoms with Gasteiger partial charge in [0.1, 0.15) is 24.3 Å². The quantitative estimate of drug-likeness (QED) is 0.324. The zero-order chi connectivity index (χ0) is 21.9. The summed E-state index contributed by atoms with van der Waals surface area (Å²) in [5, 5.41) is 0.914. The zero-order valence-electron chi connectivity index (χ0n) is 18.0. The first-order chi connectivity index (χ1) is 15.7. The second kappa shape index (κ2) is 8.82. The van der Waals surface area contributed by atoms with Crippen molar-refractivity contribution in [2.45, 2.75) is 32.7 Å². The van der Waals surface area contributed by atoms with Crippen LogP contribution in [0.4, 0.5) is 5.82 Å². The Bertz CT molecular complexity index is 1330. The van der Waals surface area contributed by atoms with Gasteiger partial charge in [0, 0.05) is 37.2 Å². The molecule has 0 saturated carbocycles. The van der Waals surface area contributed by atoms with Crippen molar-refractivity contribution in [3.05, 3.63) is 65.1 Å². The van der Waals surface area contributed by atoms with Crippen LogP contribution in [-0.4, -0.2) is 39.2 Å². The number of fused-ring (bicyclic) bond motifs is 2. The number of hydrogen-bond acceptors (Lipinski definition) is 7. The van der Waals surface area contributed by atoms with Crippen LogP contribution >= 0.6 is 0 Å². The predicted octanol–water partition coefficient (Wildman–Crippen LogP) is 3.87. The Labute approximate surface area is 185 Å². The van der Waals surface area contributed by atoms with E-state index in [1.54, 1.807) is 12.4 Å². The Morgan fingerprint density at radius 1 is 1.12 bits per heavy atom. The minimum absolute atomic E-state index is 0.350. The molecule has 0 aliphatic carbocycles. The smallest absolute Gasteiger partial charge is 0.336 e. The van der Waals surface area contributed by atoms with E-state index in [-0.39, 0.29) is 5.63 Å². The molecule has 0 unspecified atom stereocenters. The molecule has 1 fully saturated rings. The molecule has 8 nitrogen and oxygen atoms in total. The maximum atomic E-state index is 11.6. The molecule has 0 atom stereocenters. The molecule has 3 aromatic heterocycles. The minimum Gasteiger partial charge on any atom is -0.489 e. The molecular weight excluding hydrogens is 406 g/mol. The lowest BCUT2D eigenvalue weighted by molar-refractivity contribution is 0.362. The molecule has 1 aromatic carbocycles. The number of allylic oxidation sites excluding steroid dienone is 1. The number of rotatable bonds is 7. The maximum absolute atomic E-state index is 11.6. The number of hydrogen-bond donors (Lipinski definition) is 0. The number of aryl methyl sites for hydroxylation is 2. The van der Waals surface area contributed by atoms with E-state index in [1.807, 2.05) is 31.5 Å². The second-order valence-corrected chi connectivity index (χ2v) is 7.98. The Hall–Kier alpha value is -3.68. The zero-order valence-corrected chi connectivity index (χ0v) is 18.0. The summed E-state index contributed by atoms with van der Waals surface area (Å²) in [5.41, 5.74) is 2.84. The van der Waals surface area contributed by atoms with E-state index in [0.29, 0.717) is 17.9 Å². The molecule has 4 heterocycles. The highest BCUT2D eigenvalue weighted by Gasteiger charge is 2.18. The van der Waals surface area contributed by atoms with Gasteiger partial charge in [0.25, 0.3) is 0 Å². The molecule has 0 radical (unpaired) electrons. The third-order valence-electron chi connectivity index (χ3n) is 5.76. The van der Waals surface area contributed by atoms with Gasteiger partial charge in [-0.1, -0.05) is 12.2 Å². The van der Waals surface area contributed by atoms with E-state index in [4.69, 9.17) is 9.15 Å². The van der Waals surface area contributed by atoms with Crippen molar-refractivity contribution in [2.75, 3.05) is 24.6 Å². The lowest BCUT2D eigenvalue weighted by Crippen LogP contribution is -2.19. The van der Waals surface area contributed by atoms with Crippen LogP contribution in [0.5, 0.6) is 5.75 Å². The lowest BCUT2D eigenvalue weighted by Gasteiger charge is -2.15. The van der Waals surface area contributed by atoms with Gasteiger partial charge in [0.05, 0.1) is 6.33 Å². The molecule has 0 amide bonds. The third-order valence-corrected chi connectivity index (χ3v) is 5.76. The highest BCUT2D eigenvalue weighted by atomic mass is 16.5. The van der Waals surface area contributed by atoms with Crippen LogP contribution in [0.2, 0.25) is 0 Å². The summed E-state index contributed by atoms with van der Waals surface area (Å²) in [7, 11) is 0. The van der Waals surface area contributed by atoms with E-state index in [9.17, 15) is 4.79 Å². The molecule has 1 aliphatic heterocycles. The van der Waals surface area contributed by atoms with Gasteiger partial charge in [-0.3, -0.25) is 0 Å². The van der Waals surface area contributed by atoms with Crippen molar-refractivity contribution in [2.24, 2.45) is 0 Å². The predicted molar refractivity (Wildman–Crippen MR) is 123 cm³/mol. The largest absolute Gasteiger partial charge is 0.489 e. The average Bonchev–Trinajstić information content (AvgIpc) is 3.46. The molecule has 1 saturated heterocycles. The fraction of sp³-hybridized carbons (Fsp3) is 0.333. The molecule has 164 valence electrons. The number of ether oxygens (including phenoxy) is 1. The highest BCUT2D eigenvalue weighted by molar-refractivity contribution is 5.83. The highest BCUT2D eigenvalue weighted by Crippen LogP contribution is 2.25. The third kappa shape index (κ3) is 4.08. The molecule has 0 spiro atoms. The van der Waals surface area contributed by atoms with Crippen LogP contribution in [0.15, 0.2) is 58.3 Å². The van der Waals surface area contributed by atoms with Crippen molar-refractivity contribution in [1.82, 2.24) is 19.5 Å². The maximum Gasteiger partial charge on any atom is 0.336 e. The van der Waals surface area contributed by atoms with Gasteiger partial charge in [-0.15, -0.1) is 0 Å². The normalized spacial score (nSPS) is 14.2. The standard InChI is InChI=1S/C24H25N5O3/c1-17-13-21(30)32-20-14-18(7-8-19(17)20)31-12-6-2-3-11-29-16-27-22-23(25-15-26-24(22)29)28-9-4-5-10-28/h2,6-8,13-16H,3-5,9-12H2,1H3/b6-2+. The Morgan fingerprint density at radius 3 is 2.88 bits per heavy atom. The Morgan fingerprint density at radius 2 is 2.00 bits per heavy atom. The summed E-state index contributed by atoms with van der Waals surface area (Å²) in [6, 6.07) is 7.05.